The summed E-state index contributed by atoms with van der Waals surface area (Å²) in [6.07, 6.45) is 6.72. The molecule has 37 heavy (non-hydrogen) atoms. The van der Waals surface area contributed by atoms with Crippen molar-refractivity contribution in [2.75, 3.05) is 18.8 Å². The van der Waals surface area contributed by atoms with Gasteiger partial charge in [-0.2, -0.15) is 0 Å². The minimum atomic E-state index is -2.48. The van der Waals surface area contributed by atoms with Crippen LogP contribution >= 0.6 is 0 Å². The molecule has 0 bridgehead atoms. The van der Waals surface area contributed by atoms with Crippen LogP contribution < -0.4 is 11.1 Å². The van der Waals surface area contributed by atoms with Crippen LogP contribution in [-0.2, 0) is 5.41 Å². The smallest absolute Gasteiger partial charge is 0.255 e. The highest BCUT2D eigenvalue weighted by Gasteiger charge is 2.61. The number of likely N-dealkylation sites (tertiary alicyclic amines) is 1. The van der Waals surface area contributed by atoms with Crippen LogP contribution in [0.1, 0.15) is 73.7 Å². The van der Waals surface area contributed by atoms with Crippen LogP contribution in [-0.4, -0.2) is 58.1 Å². The first kappa shape index (κ1) is 24.7. The highest BCUT2D eigenvalue weighted by Crippen LogP contribution is 2.60. The van der Waals surface area contributed by atoms with Gasteiger partial charge in [-0.05, 0) is 68.1 Å². The van der Waals surface area contributed by atoms with E-state index in [0.717, 1.165) is 43.5 Å². The van der Waals surface area contributed by atoms with Crippen molar-refractivity contribution in [2.45, 2.75) is 87.3 Å². The van der Waals surface area contributed by atoms with E-state index in [-0.39, 0.29) is 48.2 Å². The number of rotatable bonds is 5. The number of amides is 1. The number of nitrogen functional groups attached to an aromatic ring is 1. The average Bonchev–Trinajstić information content (AvgIpc) is 3.46. The second kappa shape index (κ2) is 9.31. The highest BCUT2D eigenvalue weighted by molar-refractivity contribution is 5.99. The summed E-state index contributed by atoms with van der Waals surface area (Å²) in [5.74, 6) is -1.89. The largest absolute Gasteiger partial charge is 0.393 e. The second-order valence-electron chi connectivity index (χ2n) is 11.8. The first-order valence-electron chi connectivity index (χ1n) is 13.7. The fourth-order valence-corrected chi connectivity index (χ4v) is 6.93. The number of pyridine rings is 1. The first-order valence-corrected chi connectivity index (χ1v) is 13.7. The number of benzene rings is 1. The molecule has 1 aromatic heterocycles. The number of hydrogen-bond donors (Lipinski definition) is 3. The predicted molar refractivity (Wildman–Crippen MR) is 138 cm³/mol. The molecule has 2 aromatic rings. The molecule has 0 radical (unpaired) electrons. The number of nitrogens with zero attached hydrogens (tertiary/aromatic N) is 2. The predicted octanol–water partition coefficient (Wildman–Crippen LogP) is 4.52. The van der Waals surface area contributed by atoms with Crippen molar-refractivity contribution >= 4 is 11.7 Å². The lowest BCUT2D eigenvalue weighted by Crippen LogP contribution is -2.41. The maximum Gasteiger partial charge on any atom is 0.255 e. The summed E-state index contributed by atoms with van der Waals surface area (Å²) in [4.78, 5) is 19.7. The SMILES string of the molecule is Nc1ncc(-c2ccc([C@@]34C[C@@H]3CN(C3CCC(F)(F)CC3)C4)cc2)cc1C(=O)NC1CCC(O)CC1. The van der Waals surface area contributed by atoms with Gasteiger partial charge in [0.2, 0.25) is 5.92 Å². The number of alkyl halides is 2. The Kier molecular flexibility index (Phi) is 6.23. The van der Waals surface area contributed by atoms with Crippen LogP contribution in [0.4, 0.5) is 14.6 Å². The van der Waals surface area contributed by atoms with Crippen molar-refractivity contribution < 1.29 is 18.7 Å². The number of aromatic nitrogens is 1. The number of halogens is 2. The maximum atomic E-state index is 13.6. The highest BCUT2D eigenvalue weighted by atomic mass is 19.3. The molecule has 0 spiro atoms. The minimum Gasteiger partial charge on any atom is -0.393 e. The van der Waals surface area contributed by atoms with E-state index >= 15 is 0 Å². The topological polar surface area (TPSA) is 91.5 Å². The van der Waals surface area contributed by atoms with Crippen LogP contribution in [0.25, 0.3) is 11.1 Å². The Labute approximate surface area is 216 Å². The summed E-state index contributed by atoms with van der Waals surface area (Å²) in [5, 5.41) is 12.8. The Hall–Kier alpha value is -2.58. The molecule has 0 unspecified atom stereocenters. The molecule has 6 nitrogen and oxygen atoms in total. The monoisotopic (exact) mass is 510 g/mol. The van der Waals surface area contributed by atoms with Crippen LogP contribution in [0.3, 0.4) is 0 Å². The van der Waals surface area contributed by atoms with Gasteiger partial charge in [0.1, 0.15) is 5.82 Å². The zero-order valence-corrected chi connectivity index (χ0v) is 21.1. The lowest BCUT2D eigenvalue weighted by atomic mass is 9.90. The number of fused-ring (bicyclic) bond motifs is 1. The van der Waals surface area contributed by atoms with E-state index in [1.165, 1.54) is 5.56 Å². The molecule has 3 aliphatic carbocycles. The molecule has 2 atom stereocenters. The van der Waals surface area contributed by atoms with Crippen molar-refractivity contribution in [3.05, 3.63) is 47.7 Å². The van der Waals surface area contributed by atoms with Crippen molar-refractivity contribution in [3.8, 4) is 11.1 Å². The summed E-state index contributed by atoms with van der Waals surface area (Å²) < 4.78 is 27.2. The lowest BCUT2D eigenvalue weighted by Gasteiger charge is -2.36. The molecule has 4 aliphatic rings. The van der Waals surface area contributed by atoms with E-state index in [4.69, 9.17) is 5.73 Å². The zero-order valence-electron chi connectivity index (χ0n) is 21.1. The van der Waals surface area contributed by atoms with Gasteiger partial charge in [0.25, 0.3) is 5.91 Å². The number of nitrogens with two attached hydrogens (primary N) is 1. The number of aliphatic hydroxyl groups is 1. The van der Waals surface area contributed by atoms with Gasteiger partial charge in [0, 0.05) is 55.2 Å². The van der Waals surface area contributed by atoms with Gasteiger partial charge < -0.3 is 16.2 Å². The first-order chi connectivity index (χ1) is 17.7. The normalized spacial score (nSPS) is 31.6. The summed E-state index contributed by atoms with van der Waals surface area (Å²) in [5.41, 5.74) is 9.70. The number of anilines is 1. The molecular weight excluding hydrogens is 474 g/mol. The Bertz CT molecular complexity index is 1150. The Morgan fingerprint density at radius 1 is 1.05 bits per heavy atom. The van der Waals surface area contributed by atoms with Gasteiger partial charge in [-0.3, -0.25) is 9.69 Å². The molecule has 4 fully saturated rings. The quantitative estimate of drug-likeness (QED) is 0.550. The Morgan fingerprint density at radius 3 is 2.46 bits per heavy atom. The summed E-state index contributed by atoms with van der Waals surface area (Å²) >= 11 is 0. The van der Waals surface area contributed by atoms with Gasteiger partial charge in [-0.15, -0.1) is 0 Å². The number of carbonyl (C=O) groups excluding carboxylic acids is 1. The fourth-order valence-electron chi connectivity index (χ4n) is 6.93. The lowest BCUT2D eigenvalue weighted by molar-refractivity contribution is -0.0526. The number of nitrogens with one attached hydrogen (secondary N) is 1. The summed E-state index contributed by atoms with van der Waals surface area (Å²) in [7, 11) is 0. The maximum absolute atomic E-state index is 13.6. The van der Waals surface area contributed by atoms with E-state index in [9.17, 15) is 18.7 Å². The van der Waals surface area contributed by atoms with Crippen LogP contribution in [0.15, 0.2) is 36.5 Å². The van der Waals surface area contributed by atoms with E-state index in [0.29, 0.717) is 37.2 Å². The van der Waals surface area contributed by atoms with Gasteiger partial charge in [-0.1, -0.05) is 24.3 Å². The number of carbonyl (C=O) groups is 1. The van der Waals surface area contributed by atoms with Crippen molar-refractivity contribution in [2.24, 2.45) is 5.92 Å². The van der Waals surface area contributed by atoms with Gasteiger partial charge in [0.15, 0.2) is 0 Å². The molecule has 1 amide bonds. The molecule has 1 aliphatic heterocycles. The summed E-state index contributed by atoms with van der Waals surface area (Å²) in [6, 6.07) is 10.7. The fraction of sp³-hybridized carbons (Fsp3) is 0.586. The average molecular weight is 511 g/mol. The standard InChI is InChI=1S/C29H36F2N4O2/c30-29(31)11-9-23(10-12-29)35-16-21-14-28(21,17-35)20-3-1-18(2-4-20)19-13-25(26(32)33-15-19)27(37)34-22-5-7-24(36)8-6-22/h1-4,13,15,21-24,36H,5-12,14,16-17H2,(H2,32,33)(H,34,37)/t21-,22?,24?,28+/m1/s1. The molecule has 1 aromatic carbocycles. The van der Waals surface area contributed by atoms with E-state index in [2.05, 4.69) is 39.5 Å². The van der Waals surface area contributed by atoms with Crippen LogP contribution in [0.5, 0.6) is 0 Å². The van der Waals surface area contributed by atoms with Crippen molar-refractivity contribution in [3.63, 3.8) is 0 Å². The number of piperidine rings is 1. The molecule has 8 heteroatoms. The molecule has 2 heterocycles. The van der Waals surface area contributed by atoms with Gasteiger partial charge in [0.05, 0.1) is 11.7 Å². The molecular formula is C29H36F2N4O2. The van der Waals surface area contributed by atoms with E-state index in [1.807, 2.05) is 0 Å². The Morgan fingerprint density at radius 2 is 1.76 bits per heavy atom. The molecule has 6 rings (SSSR count). The van der Waals surface area contributed by atoms with Crippen LogP contribution in [0, 0.1) is 5.92 Å². The third-order valence-electron chi connectivity index (χ3n) is 9.36. The van der Waals surface area contributed by atoms with Gasteiger partial charge >= 0.3 is 0 Å². The molecule has 4 N–H and O–H groups in total. The van der Waals surface area contributed by atoms with Crippen LogP contribution in [0.2, 0.25) is 0 Å². The zero-order chi connectivity index (χ0) is 25.8. The van der Waals surface area contributed by atoms with Gasteiger partial charge in [-0.25, -0.2) is 13.8 Å². The molecule has 3 saturated carbocycles. The van der Waals surface area contributed by atoms with Crippen molar-refractivity contribution in [1.29, 1.82) is 0 Å². The molecule has 1 saturated heterocycles. The van der Waals surface area contributed by atoms with Crippen molar-refractivity contribution in [1.82, 2.24) is 15.2 Å². The summed E-state index contributed by atoms with van der Waals surface area (Å²) in [6.45, 7) is 1.97. The third kappa shape index (κ3) is 4.86. The minimum absolute atomic E-state index is 0.0138. The molecule has 198 valence electrons. The third-order valence-corrected chi connectivity index (χ3v) is 9.36. The van der Waals surface area contributed by atoms with E-state index < -0.39 is 5.92 Å². The van der Waals surface area contributed by atoms with E-state index in [1.54, 1.807) is 12.3 Å². The number of aliphatic hydroxyl groups excluding tert-OH is 1. The Balaban J connectivity index is 1.13. The second-order valence-corrected chi connectivity index (χ2v) is 11.8. The number of hydrogen-bond acceptors (Lipinski definition) is 5.